The van der Waals surface area contributed by atoms with E-state index in [1.165, 1.54) is 0 Å². The van der Waals surface area contributed by atoms with E-state index in [2.05, 4.69) is 11.9 Å². The molecule has 0 aliphatic heterocycles. The maximum Gasteiger partial charge on any atom is 0.227 e. The minimum absolute atomic E-state index is 0.0145. The predicted octanol–water partition coefficient (Wildman–Crippen LogP) is 4.16. The van der Waals surface area contributed by atoms with Crippen molar-refractivity contribution in [2.75, 3.05) is 0 Å². The number of hydrogen-bond acceptors (Lipinski definition) is 3. The van der Waals surface area contributed by atoms with Crippen LogP contribution in [0.15, 0.2) is 48.7 Å². The molecule has 4 nitrogen and oxygen atoms in total. The summed E-state index contributed by atoms with van der Waals surface area (Å²) in [5, 5.41) is 0. The zero-order chi connectivity index (χ0) is 17.8. The second kappa shape index (κ2) is 7.68. The molecule has 0 radical (unpaired) electrons. The summed E-state index contributed by atoms with van der Waals surface area (Å²) in [4.78, 5) is 19.5. The smallest absolute Gasteiger partial charge is 0.227 e. The van der Waals surface area contributed by atoms with Crippen LogP contribution in [0.4, 0.5) is 0 Å². The van der Waals surface area contributed by atoms with E-state index in [9.17, 15) is 4.79 Å². The second-order valence-electron chi connectivity index (χ2n) is 6.91. The molecule has 0 saturated heterocycles. The normalized spacial score (nSPS) is 15.0. The highest BCUT2D eigenvalue weighted by Crippen LogP contribution is 2.34. The molecule has 1 saturated carbocycles. The van der Waals surface area contributed by atoms with Gasteiger partial charge in [0.15, 0.2) is 0 Å². The number of hydrogen-bond donors (Lipinski definition) is 0. The number of ether oxygens (including phenoxy) is 1. The summed E-state index contributed by atoms with van der Waals surface area (Å²) in [6, 6.07) is 14.0. The van der Waals surface area contributed by atoms with Gasteiger partial charge in [-0.25, -0.2) is 0 Å². The fourth-order valence-corrected chi connectivity index (χ4v) is 3.13. The Labute approximate surface area is 149 Å². The van der Waals surface area contributed by atoms with Crippen molar-refractivity contribution in [2.24, 2.45) is 0 Å². The van der Waals surface area contributed by atoms with Gasteiger partial charge < -0.3 is 9.64 Å². The van der Waals surface area contributed by atoms with Gasteiger partial charge in [0, 0.05) is 17.8 Å². The van der Waals surface area contributed by atoms with E-state index < -0.39 is 0 Å². The lowest BCUT2D eigenvalue weighted by Gasteiger charge is -2.29. The van der Waals surface area contributed by atoms with Crippen molar-refractivity contribution in [3.63, 3.8) is 0 Å². The van der Waals surface area contributed by atoms with Crippen LogP contribution in [0.25, 0.3) is 0 Å². The molecule has 1 atom stereocenters. The third-order valence-electron chi connectivity index (χ3n) is 4.44. The van der Waals surface area contributed by atoms with Crippen molar-refractivity contribution in [3.8, 4) is 5.75 Å². The quantitative estimate of drug-likeness (QED) is 0.761. The highest BCUT2D eigenvalue weighted by atomic mass is 16.5. The molecule has 1 aromatic carbocycles. The Morgan fingerprint density at radius 1 is 1.16 bits per heavy atom. The van der Waals surface area contributed by atoms with Gasteiger partial charge in [-0.15, -0.1) is 0 Å². The average molecular weight is 338 g/mol. The van der Waals surface area contributed by atoms with Crippen LogP contribution in [0.1, 0.15) is 50.9 Å². The second-order valence-corrected chi connectivity index (χ2v) is 6.91. The molecule has 3 rings (SSSR count). The fourth-order valence-electron chi connectivity index (χ4n) is 3.13. The van der Waals surface area contributed by atoms with Gasteiger partial charge in [-0.05, 0) is 51.8 Å². The lowest BCUT2D eigenvalue weighted by atomic mass is 10.1. The Balaban J connectivity index is 1.79. The Morgan fingerprint density at radius 3 is 2.52 bits per heavy atom. The molecular weight excluding hydrogens is 312 g/mol. The summed E-state index contributed by atoms with van der Waals surface area (Å²) in [6.07, 6.45) is 4.38. The van der Waals surface area contributed by atoms with Crippen LogP contribution in [0.5, 0.6) is 5.75 Å². The number of carbonyl (C=O) groups excluding carboxylic acids is 1. The number of benzene rings is 1. The van der Waals surface area contributed by atoms with E-state index in [1.807, 2.05) is 61.2 Å². The molecule has 132 valence electrons. The van der Waals surface area contributed by atoms with Crippen molar-refractivity contribution >= 4 is 5.91 Å². The Kier molecular flexibility index (Phi) is 5.37. The Bertz CT molecular complexity index is 711. The van der Waals surface area contributed by atoms with Crippen LogP contribution < -0.4 is 4.74 Å². The summed E-state index contributed by atoms with van der Waals surface area (Å²) < 4.78 is 5.86. The van der Waals surface area contributed by atoms with Crippen molar-refractivity contribution < 1.29 is 9.53 Å². The van der Waals surface area contributed by atoms with Gasteiger partial charge in [0.1, 0.15) is 5.75 Å². The summed E-state index contributed by atoms with van der Waals surface area (Å²) in [5.74, 6) is 0.938. The Hall–Kier alpha value is -2.36. The minimum Gasteiger partial charge on any atom is -0.491 e. The van der Waals surface area contributed by atoms with Crippen molar-refractivity contribution in [3.05, 3.63) is 59.9 Å². The largest absolute Gasteiger partial charge is 0.491 e. The number of amides is 1. The fraction of sp³-hybridized carbons (Fsp3) is 0.429. The van der Waals surface area contributed by atoms with Crippen LogP contribution in [-0.2, 0) is 11.2 Å². The van der Waals surface area contributed by atoms with Gasteiger partial charge in [-0.1, -0.05) is 24.3 Å². The SMILES string of the molecule is CC(C)Oc1ccccc1CC(=O)N(C1CC1)C(C)c1ccccn1. The van der Waals surface area contributed by atoms with E-state index in [-0.39, 0.29) is 18.1 Å². The maximum atomic E-state index is 13.1. The third kappa shape index (κ3) is 4.38. The molecule has 0 N–H and O–H groups in total. The first-order valence-corrected chi connectivity index (χ1v) is 9.03. The number of pyridine rings is 1. The first-order chi connectivity index (χ1) is 12.1. The van der Waals surface area contributed by atoms with Gasteiger partial charge in [-0.2, -0.15) is 0 Å². The molecule has 4 heteroatoms. The molecule has 1 fully saturated rings. The molecule has 1 heterocycles. The van der Waals surface area contributed by atoms with Crippen LogP contribution in [0.3, 0.4) is 0 Å². The molecule has 1 aliphatic carbocycles. The van der Waals surface area contributed by atoms with E-state index in [4.69, 9.17) is 4.74 Å². The number of carbonyl (C=O) groups is 1. The molecular formula is C21H26N2O2. The Morgan fingerprint density at radius 2 is 1.88 bits per heavy atom. The molecule has 1 aromatic heterocycles. The standard InChI is InChI=1S/C21H26N2O2/c1-15(2)25-20-10-5-4-8-17(20)14-21(24)23(18-11-12-18)16(3)19-9-6-7-13-22-19/h4-10,13,15-16,18H,11-12,14H2,1-3H3. The van der Waals surface area contributed by atoms with Gasteiger partial charge in [0.2, 0.25) is 5.91 Å². The van der Waals surface area contributed by atoms with E-state index in [0.717, 1.165) is 29.8 Å². The molecule has 2 aromatic rings. The van der Waals surface area contributed by atoms with E-state index >= 15 is 0 Å². The highest BCUT2D eigenvalue weighted by molar-refractivity contribution is 5.80. The molecule has 1 aliphatic rings. The third-order valence-corrected chi connectivity index (χ3v) is 4.44. The average Bonchev–Trinajstić information content (AvgIpc) is 3.42. The number of para-hydroxylation sites is 1. The van der Waals surface area contributed by atoms with E-state index in [0.29, 0.717) is 12.5 Å². The van der Waals surface area contributed by atoms with Crippen LogP contribution in [-0.4, -0.2) is 27.9 Å². The number of nitrogens with zero attached hydrogens (tertiary/aromatic N) is 2. The summed E-state index contributed by atoms with van der Waals surface area (Å²) >= 11 is 0. The zero-order valence-electron chi connectivity index (χ0n) is 15.2. The monoisotopic (exact) mass is 338 g/mol. The molecule has 1 unspecified atom stereocenters. The first-order valence-electron chi connectivity index (χ1n) is 9.03. The molecule has 0 spiro atoms. The summed E-state index contributed by atoms with van der Waals surface area (Å²) in [5.41, 5.74) is 1.88. The maximum absolute atomic E-state index is 13.1. The molecule has 25 heavy (non-hydrogen) atoms. The lowest BCUT2D eigenvalue weighted by molar-refractivity contribution is -0.133. The van der Waals surface area contributed by atoms with Gasteiger partial charge in [0.25, 0.3) is 0 Å². The highest BCUT2D eigenvalue weighted by Gasteiger charge is 2.36. The minimum atomic E-state index is -0.0145. The zero-order valence-corrected chi connectivity index (χ0v) is 15.2. The topological polar surface area (TPSA) is 42.4 Å². The predicted molar refractivity (Wildman–Crippen MR) is 98.4 cm³/mol. The summed E-state index contributed by atoms with van der Waals surface area (Å²) in [7, 11) is 0. The van der Waals surface area contributed by atoms with Crippen LogP contribution >= 0.6 is 0 Å². The van der Waals surface area contributed by atoms with Crippen molar-refractivity contribution in [2.45, 2.75) is 58.2 Å². The number of rotatable bonds is 7. The van der Waals surface area contributed by atoms with Crippen LogP contribution in [0.2, 0.25) is 0 Å². The number of aromatic nitrogens is 1. The van der Waals surface area contributed by atoms with E-state index in [1.54, 1.807) is 6.20 Å². The van der Waals surface area contributed by atoms with Gasteiger partial charge in [-0.3, -0.25) is 9.78 Å². The lowest BCUT2D eigenvalue weighted by Crippen LogP contribution is -2.37. The molecule has 1 amide bonds. The van der Waals surface area contributed by atoms with Crippen molar-refractivity contribution in [1.82, 2.24) is 9.88 Å². The van der Waals surface area contributed by atoms with Gasteiger partial charge >= 0.3 is 0 Å². The summed E-state index contributed by atoms with van der Waals surface area (Å²) in [6.45, 7) is 6.06. The van der Waals surface area contributed by atoms with Crippen molar-refractivity contribution in [1.29, 1.82) is 0 Å². The first kappa shape index (κ1) is 17.5. The molecule has 0 bridgehead atoms. The van der Waals surface area contributed by atoms with Gasteiger partial charge in [0.05, 0.1) is 24.3 Å². The van der Waals surface area contributed by atoms with Crippen LogP contribution in [0, 0.1) is 0 Å².